The zero-order valence-electron chi connectivity index (χ0n) is 12.4. The Morgan fingerprint density at radius 1 is 1.20 bits per heavy atom. The van der Waals surface area contributed by atoms with Crippen molar-refractivity contribution in [1.82, 2.24) is 15.6 Å². The van der Waals surface area contributed by atoms with Crippen molar-refractivity contribution >= 4 is 0 Å². The van der Waals surface area contributed by atoms with Crippen LogP contribution >= 0.6 is 0 Å². The summed E-state index contributed by atoms with van der Waals surface area (Å²) in [7, 11) is 0. The van der Waals surface area contributed by atoms with Crippen LogP contribution in [0.3, 0.4) is 0 Å². The minimum Gasteiger partial charge on any atom is -0.314 e. The van der Waals surface area contributed by atoms with Gasteiger partial charge >= 0.3 is 0 Å². The lowest BCUT2D eigenvalue weighted by atomic mass is 9.88. The van der Waals surface area contributed by atoms with Gasteiger partial charge in [-0.1, -0.05) is 18.9 Å². The average Bonchev–Trinajstić information content (AvgIpc) is 2.98. The van der Waals surface area contributed by atoms with E-state index in [2.05, 4.69) is 21.7 Å². The van der Waals surface area contributed by atoms with Gasteiger partial charge in [-0.05, 0) is 62.7 Å². The van der Waals surface area contributed by atoms with Crippen LogP contribution < -0.4 is 10.6 Å². The Balaban J connectivity index is 1.46. The third kappa shape index (κ3) is 3.58. The maximum absolute atomic E-state index is 4.19. The Labute approximate surface area is 122 Å². The first-order valence-electron chi connectivity index (χ1n) is 8.29. The van der Waals surface area contributed by atoms with Crippen molar-refractivity contribution in [1.29, 1.82) is 0 Å². The van der Waals surface area contributed by atoms with E-state index in [1.54, 1.807) is 0 Å². The van der Waals surface area contributed by atoms with Crippen LogP contribution in [0.5, 0.6) is 0 Å². The fourth-order valence-corrected chi connectivity index (χ4v) is 3.92. The first kappa shape index (κ1) is 14.0. The molecule has 1 aromatic heterocycles. The van der Waals surface area contributed by atoms with Gasteiger partial charge in [0, 0.05) is 24.5 Å². The first-order valence-corrected chi connectivity index (χ1v) is 8.29. The molecule has 110 valence electrons. The summed E-state index contributed by atoms with van der Waals surface area (Å²) in [4.78, 5) is 4.19. The topological polar surface area (TPSA) is 37.0 Å². The van der Waals surface area contributed by atoms with Crippen LogP contribution in [0.2, 0.25) is 0 Å². The highest BCUT2D eigenvalue weighted by Crippen LogP contribution is 2.31. The smallest absolute Gasteiger partial charge is 0.0300 e. The molecule has 3 heteroatoms. The number of nitrogens with zero attached hydrogens (tertiary/aromatic N) is 1. The second-order valence-electron chi connectivity index (χ2n) is 6.32. The van der Waals surface area contributed by atoms with Gasteiger partial charge in [-0.15, -0.1) is 0 Å². The molecule has 0 amide bonds. The fourth-order valence-electron chi connectivity index (χ4n) is 3.92. The van der Waals surface area contributed by atoms with E-state index >= 15 is 0 Å². The van der Waals surface area contributed by atoms with E-state index in [0.717, 1.165) is 31.0 Å². The van der Waals surface area contributed by atoms with Crippen LogP contribution in [0.1, 0.15) is 44.1 Å². The van der Waals surface area contributed by atoms with Crippen LogP contribution in [0, 0.1) is 5.92 Å². The molecule has 1 aromatic rings. The van der Waals surface area contributed by atoms with Crippen molar-refractivity contribution < 1.29 is 0 Å². The van der Waals surface area contributed by atoms with Gasteiger partial charge in [0.25, 0.3) is 0 Å². The molecular formula is C17H27N3. The molecule has 3 nitrogen and oxygen atoms in total. The normalized spacial score (nSPS) is 30.5. The molecule has 1 aliphatic heterocycles. The minimum atomic E-state index is 0.724. The highest BCUT2D eigenvalue weighted by Gasteiger charge is 2.33. The third-order valence-electron chi connectivity index (χ3n) is 4.98. The van der Waals surface area contributed by atoms with E-state index in [-0.39, 0.29) is 0 Å². The highest BCUT2D eigenvalue weighted by atomic mass is 15.0. The second kappa shape index (κ2) is 7.19. The van der Waals surface area contributed by atoms with E-state index in [9.17, 15) is 0 Å². The number of aromatic nitrogens is 1. The molecule has 2 fully saturated rings. The summed E-state index contributed by atoms with van der Waals surface area (Å²) in [5, 5.41) is 7.56. The minimum absolute atomic E-state index is 0.724. The van der Waals surface area contributed by atoms with Crippen LogP contribution in [-0.4, -0.2) is 30.2 Å². The van der Waals surface area contributed by atoms with Crippen molar-refractivity contribution in [2.45, 2.75) is 57.0 Å². The standard InChI is InChI=1S/C17H27N3/c1-2-11-19-16(7-1)15-6-3-8-17(15)20-12-9-14-5-4-10-18-13-14/h4-5,10,13,15-17,19-20H,1-3,6-9,11-12H2. The first-order chi connectivity index (χ1) is 9.93. The SMILES string of the molecule is c1cncc(CCNC2CCCC2C2CCCCN2)c1. The molecule has 0 spiro atoms. The summed E-state index contributed by atoms with van der Waals surface area (Å²) in [5.74, 6) is 0.851. The maximum atomic E-state index is 4.19. The largest absolute Gasteiger partial charge is 0.314 e. The Bertz CT molecular complexity index is 386. The fraction of sp³-hybridized carbons (Fsp3) is 0.706. The highest BCUT2D eigenvalue weighted by molar-refractivity contribution is 5.08. The molecule has 2 heterocycles. The summed E-state index contributed by atoms with van der Waals surface area (Å²) >= 11 is 0. The molecule has 2 N–H and O–H groups in total. The number of nitrogens with one attached hydrogen (secondary N) is 2. The monoisotopic (exact) mass is 273 g/mol. The Morgan fingerprint density at radius 3 is 3.00 bits per heavy atom. The van der Waals surface area contributed by atoms with Crippen molar-refractivity contribution in [2.24, 2.45) is 5.92 Å². The van der Waals surface area contributed by atoms with E-state index in [1.807, 2.05) is 18.5 Å². The second-order valence-corrected chi connectivity index (χ2v) is 6.32. The maximum Gasteiger partial charge on any atom is 0.0300 e. The van der Waals surface area contributed by atoms with Gasteiger partial charge in [0.2, 0.25) is 0 Å². The van der Waals surface area contributed by atoms with Crippen LogP contribution in [-0.2, 0) is 6.42 Å². The van der Waals surface area contributed by atoms with Crippen LogP contribution in [0.15, 0.2) is 24.5 Å². The summed E-state index contributed by atoms with van der Waals surface area (Å²) in [6.07, 6.45) is 13.2. The zero-order chi connectivity index (χ0) is 13.6. The molecule has 20 heavy (non-hydrogen) atoms. The van der Waals surface area contributed by atoms with Gasteiger partial charge in [-0.3, -0.25) is 4.98 Å². The predicted octanol–water partition coefficient (Wildman–Crippen LogP) is 2.52. The molecular weight excluding hydrogens is 246 g/mol. The summed E-state index contributed by atoms with van der Waals surface area (Å²) < 4.78 is 0. The molecule has 3 atom stereocenters. The number of piperidine rings is 1. The lowest BCUT2D eigenvalue weighted by Crippen LogP contribution is -2.47. The Hall–Kier alpha value is -0.930. The number of hydrogen-bond acceptors (Lipinski definition) is 3. The lowest BCUT2D eigenvalue weighted by Gasteiger charge is -2.33. The number of hydrogen-bond donors (Lipinski definition) is 2. The van der Waals surface area contributed by atoms with Crippen molar-refractivity contribution in [3.63, 3.8) is 0 Å². The molecule has 0 aromatic carbocycles. The van der Waals surface area contributed by atoms with Gasteiger partial charge < -0.3 is 10.6 Å². The predicted molar refractivity (Wildman–Crippen MR) is 82.7 cm³/mol. The summed E-state index contributed by atoms with van der Waals surface area (Å²) in [6.45, 7) is 2.31. The molecule has 3 rings (SSSR count). The molecule has 0 bridgehead atoms. The zero-order valence-corrected chi connectivity index (χ0v) is 12.4. The summed E-state index contributed by atoms with van der Waals surface area (Å²) in [6, 6.07) is 5.69. The molecule has 1 saturated heterocycles. The molecule has 3 unspecified atom stereocenters. The van der Waals surface area contributed by atoms with Gasteiger partial charge in [-0.2, -0.15) is 0 Å². The van der Waals surface area contributed by atoms with Crippen molar-refractivity contribution in [3.8, 4) is 0 Å². The number of rotatable bonds is 5. The van der Waals surface area contributed by atoms with Crippen LogP contribution in [0.4, 0.5) is 0 Å². The van der Waals surface area contributed by atoms with Crippen molar-refractivity contribution in [2.75, 3.05) is 13.1 Å². The number of pyridine rings is 1. The third-order valence-corrected chi connectivity index (χ3v) is 4.98. The Kier molecular flexibility index (Phi) is 5.04. The van der Waals surface area contributed by atoms with Gasteiger partial charge in [0.1, 0.15) is 0 Å². The van der Waals surface area contributed by atoms with E-state index in [4.69, 9.17) is 0 Å². The van der Waals surface area contributed by atoms with Gasteiger partial charge in [0.15, 0.2) is 0 Å². The molecule has 1 saturated carbocycles. The van der Waals surface area contributed by atoms with E-state index < -0.39 is 0 Å². The molecule has 0 radical (unpaired) electrons. The van der Waals surface area contributed by atoms with E-state index in [1.165, 1.54) is 50.6 Å². The van der Waals surface area contributed by atoms with E-state index in [0.29, 0.717) is 0 Å². The Morgan fingerprint density at radius 2 is 2.20 bits per heavy atom. The summed E-state index contributed by atoms with van der Waals surface area (Å²) in [5.41, 5.74) is 1.34. The van der Waals surface area contributed by atoms with Crippen LogP contribution in [0.25, 0.3) is 0 Å². The van der Waals surface area contributed by atoms with Gasteiger partial charge in [-0.25, -0.2) is 0 Å². The average molecular weight is 273 g/mol. The lowest BCUT2D eigenvalue weighted by molar-refractivity contribution is 0.258. The van der Waals surface area contributed by atoms with Gasteiger partial charge in [0.05, 0.1) is 0 Å². The molecule has 2 aliphatic rings. The quantitative estimate of drug-likeness (QED) is 0.865. The van der Waals surface area contributed by atoms with Crippen molar-refractivity contribution in [3.05, 3.63) is 30.1 Å². The molecule has 1 aliphatic carbocycles.